The van der Waals surface area contributed by atoms with E-state index in [1.54, 1.807) is 6.92 Å². The van der Waals surface area contributed by atoms with Gasteiger partial charge in [0.25, 0.3) is 5.91 Å². The van der Waals surface area contributed by atoms with Crippen molar-refractivity contribution < 1.29 is 27.9 Å². The van der Waals surface area contributed by atoms with E-state index in [9.17, 15) is 22.8 Å². The molecule has 6 nitrogen and oxygen atoms in total. The largest absolute Gasteiger partial charge is 0.481 e. The van der Waals surface area contributed by atoms with E-state index < -0.39 is 35.6 Å². The molecule has 1 N–H and O–H groups in total. The number of hydrogen-bond acceptors (Lipinski definition) is 3. The van der Waals surface area contributed by atoms with Crippen LogP contribution >= 0.6 is 0 Å². The number of carbonyl (C=O) groups excluding carboxylic acids is 1. The van der Waals surface area contributed by atoms with Gasteiger partial charge in [-0.3, -0.25) is 9.59 Å². The zero-order valence-electron chi connectivity index (χ0n) is 13.8. The molecule has 0 saturated carbocycles. The molecule has 1 aromatic heterocycles. The van der Waals surface area contributed by atoms with Crippen molar-refractivity contribution in [1.82, 2.24) is 14.7 Å². The molecule has 2 atom stereocenters. The Kier molecular flexibility index (Phi) is 4.47. The topological polar surface area (TPSA) is 75.4 Å². The molecule has 2 heterocycles. The number of rotatable bonds is 3. The molecule has 0 radical (unpaired) electrons. The molecule has 1 aliphatic heterocycles. The molecule has 3 rings (SSSR count). The minimum atomic E-state index is -4.47. The Bertz CT molecular complexity index is 847. The van der Waals surface area contributed by atoms with Crippen LogP contribution in [0.1, 0.15) is 29.4 Å². The molecule has 0 spiro atoms. The summed E-state index contributed by atoms with van der Waals surface area (Å²) in [5.74, 6) is -2.03. The second kappa shape index (κ2) is 6.47. The van der Waals surface area contributed by atoms with Crippen molar-refractivity contribution in [1.29, 1.82) is 0 Å². The van der Waals surface area contributed by atoms with Crippen molar-refractivity contribution >= 4 is 11.9 Å². The number of amides is 1. The highest BCUT2D eigenvalue weighted by atomic mass is 19.4. The third-order valence-electron chi connectivity index (χ3n) is 4.58. The van der Waals surface area contributed by atoms with Crippen LogP contribution in [0.2, 0.25) is 0 Å². The van der Waals surface area contributed by atoms with Gasteiger partial charge in [0.15, 0.2) is 5.69 Å². The van der Waals surface area contributed by atoms with Gasteiger partial charge in [0, 0.05) is 18.8 Å². The van der Waals surface area contributed by atoms with Crippen LogP contribution in [-0.2, 0) is 11.0 Å². The molecule has 2 aromatic rings. The lowest BCUT2D eigenvalue weighted by molar-refractivity contribution is -0.142. The zero-order chi connectivity index (χ0) is 19.1. The van der Waals surface area contributed by atoms with E-state index in [0.717, 1.165) is 12.1 Å². The lowest BCUT2D eigenvalue weighted by atomic mass is 10.0. The third-order valence-corrected chi connectivity index (χ3v) is 4.58. The van der Waals surface area contributed by atoms with Gasteiger partial charge in [0.05, 0.1) is 17.2 Å². The van der Waals surface area contributed by atoms with E-state index in [2.05, 4.69) is 5.10 Å². The van der Waals surface area contributed by atoms with Gasteiger partial charge < -0.3 is 10.0 Å². The maximum Gasteiger partial charge on any atom is 0.416 e. The Morgan fingerprint density at radius 1 is 1.27 bits per heavy atom. The summed E-state index contributed by atoms with van der Waals surface area (Å²) in [5, 5.41) is 13.2. The Morgan fingerprint density at radius 2 is 2.00 bits per heavy atom. The van der Waals surface area contributed by atoms with Crippen LogP contribution in [0.15, 0.2) is 36.5 Å². The maximum absolute atomic E-state index is 12.8. The number of alkyl halides is 3. The van der Waals surface area contributed by atoms with Crippen molar-refractivity contribution in [3.63, 3.8) is 0 Å². The van der Waals surface area contributed by atoms with Crippen molar-refractivity contribution in [2.24, 2.45) is 5.92 Å². The maximum atomic E-state index is 12.8. The molecule has 1 saturated heterocycles. The second-order valence-electron chi connectivity index (χ2n) is 6.17. The number of carboxylic acids is 1. The van der Waals surface area contributed by atoms with Gasteiger partial charge in [-0.15, -0.1) is 0 Å². The molecule has 1 aromatic carbocycles. The zero-order valence-corrected chi connectivity index (χ0v) is 13.8. The quantitative estimate of drug-likeness (QED) is 0.905. The molecule has 9 heteroatoms. The van der Waals surface area contributed by atoms with E-state index in [4.69, 9.17) is 5.11 Å². The van der Waals surface area contributed by atoms with Crippen LogP contribution in [-0.4, -0.2) is 44.3 Å². The summed E-state index contributed by atoms with van der Waals surface area (Å²) in [5.41, 5.74) is -0.576. The Hall–Kier alpha value is -2.84. The van der Waals surface area contributed by atoms with Gasteiger partial charge in [0.2, 0.25) is 0 Å². The summed E-state index contributed by atoms with van der Waals surface area (Å²) in [6, 6.07) is 5.55. The highest BCUT2D eigenvalue weighted by molar-refractivity contribution is 5.93. The second-order valence-corrected chi connectivity index (χ2v) is 6.17. The lowest BCUT2D eigenvalue weighted by Crippen LogP contribution is -2.37. The molecule has 26 heavy (non-hydrogen) atoms. The molecule has 1 aliphatic rings. The first-order chi connectivity index (χ1) is 12.2. The number of likely N-dealkylation sites (tertiary alicyclic amines) is 1. The van der Waals surface area contributed by atoms with E-state index in [1.165, 1.54) is 34.0 Å². The molecule has 0 aliphatic carbocycles. The van der Waals surface area contributed by atoms with E-state index in [0.29, 0.717) is 13.0 Å². The van der Waals surface area contributed by atoms with Gasteiger partial charge in [-0.2, -0.15) is 18.3 Å². The summed E-state index contributed by atoms with van der Waals surface area (Å²) in [4.78, 5) is 25.2. The molecule has 0 bridgehead atoms. The fraction of sp³-hybridized carbons (Fsp3) is 0.353. The molecule has 1 fully saturated rings. The van der Waals surface area contributed by atoms with Crippen LogP contribution in [0.5, 0.6) is 0 Å². The van der Waals surface area contributed by atoms with E-state index in [-0.39, 0.29) is 11.4 Å². The van der Waals surface area contributed by atoms with Crippen LogP contribution in [0.25, 0.3) is 5.69 Å². The van der Waals surface area contributed by atoms with Gasteiger partial charge in [0.1, 0.15) is 0 Å². The first-order valence-corrected chi connectivity index (χ1v) is 7.95. The average Bonchev–Trinajstić information content (AvgIpc) is 3.20. The number of carboxylic acid groups (broad SMARTS) is 1. The predicted octanol–water partition coefficient (Wildman–Crippen LogP) is 2.83. The first kappa shape index (κ1) is 18.0. The van der Waals surface area contributed by atoms with Gasteiger partial charge in [-0.05, 0) is 37.6 Å². The number of carbonyl (C=O) groups is 2. The molecule has 138 valence electrons. The van der Waals surface area contributed by atoms with Gasteiger partial charge in [-0.1, -0.05) is 6.07 Å². The monoisotopic (exact) mass is 367 g/mol. The van der Waals surface area contributed by atoms with Gasteiger partial charge in [-0.25, -0.2) is 4.68 Å². The Morgan fingerprint density at radius 3 is 2.62 bits per heavy atom. The Labute approximate surface area is 146 Å². The minimum absolute atomic E-state index is 0.0558. The molecule has 2 unspecified atom stereocenters. The fourth-order valence-corrected chi connectivity index (χ4v) is 3.11. The third kappa shape index (κ3) is 3.29. The minimum Gasteiger partial charge on any atom is -0.481 e. The Balaban J connectivity index is 1.82. The first-order valence-electron chi connectivity index (χ1n) is 7.95. The molecular weight excluding hydrogens is 351 g/mol. The predicted molar refractivity (Wildman–Crippen MR) is 84.8 cm³/mol. The van der Waals surface area contributed by atoms with Crippen molar-refractivity contribution in [3.8, 4) is 5.69 Å². The number of halogens is 3. The molecular formula is C17H16F3N3O3. The smallest absolute Gasteiger partial charge is 0.416 e. The average molecular weight is 367 g/mol. The molecule has 1 amide bonds. The van der Waals surface area contributed by atoms with Gasteiger partial charge >= 0.3 is 12.1 Å². The van der Waals surface area contributed by atoms with Crippen molar-refractivity contribution in [3.05, 3.63) is 47.8 Å². The lowest BCUT2D eigenvalue weighted by Gasteiger charge is -2.22. The van der Waals surface area contributed by atoms with Crippen molar-refractivity contribution in [2.45, 2.75) is 25.6 Å². The summed E-state index contributed by atoms with van der Waals surface area (Å²) < 4.78 is 39.7. The highest BCUT2D eigenvalue weighted by Crippen LogP contribution is 2.30. The van der Waals surface area contributed by atoms with Crippen LogP contribution < -0.4 is 0 Å². The normalized spacial score (nSPS) is 20.4. The summed E-state index contributed by atoms with van der Waals surface area (Å²) in [6.45, 7) is 1.96. The van der Waals surface area contributed by atoms with Crippen LogP contribution in [0.4, 0.5) is 13.2 Å². The number of benzene rings is 1. The summed E-state index contributed by atoms with van der Waals surface area (Å²) in [7, 11) is 0. The highest BCUT2D eigenvalue weighted by Gasteiger charge is 2.39. The van der Waals surface area contributed by atoms with E-state index >= 15 is 0 Å². The SMILES string of the molecule is CC1C(C(=O)O)CCN1C(=O)c1ccn(-c2cccc(C(F)(F)F)c2)n1. The van der Waals surface area contributed by atoms with E-state index in [1.807, 2.05) is 0 Å². The number of aliphatic carboxylic acids is 1. The van der Waals surface area contributed by atoms with Crippen LogP contribution in [0.3, 0.4) is 0 Å². The number of hydrogen-bond donors (Lipinski definition) is 1. The number of nitrogens with zero attached hydrogens (tertiary/aromatic N) is 3. The van der Waals surface area contributed by atoms with Crippen LogP contribution in [0, 0.1) is 5.92 Å². The summed E-state index contributed by atoms with van der Waals surface area (Å²) >= 11 is 0. The standard InChI is InChI=1S/C17H16F3N3O3/c1-10-13(16(25)26)5-7-22(10)15(24)14-6-8-23(21-14)12-4-2-3-11(9-12)17(18,19)20/h2-4,6,8-10,13H,5,7H2,1H3,(H,25,26). The van der Waals surface area contributed by atoms with Crippen molar-refractivity contribution in [2.75, 3.05) is 6.54 Å². The summed E-state index contributed by atoms with van der Waals surface area (Å²) in [6.07, 6.45) is -2.71. The number of aromatic nitrogens is 2. The fourth-order valence-electron chi connectivity index (χ4n) is 3.11.